The molecule has 3 rings (SSSR count). The quantitative estimate of drug-likeness (QED) is 0.741. The summed E-state index contributed by atoms with van der Waals surface area (Å²) in [5.74, 6) is 1.29. The number of ether oxygens (including phenoxy) is 3. The molecule has 2 N–H and O–H groups in total. The first kappa shape index (κ1) is 20.5. The largest absolute Gasteiger partial charge is 0.497 e. The van der Waals surface area contributed by atoms with Crippen molar-refractivity contribution in [1.82, 2.24) is 0 Å². The van der Waals surface area contributed by atoms with Gasteiger partial charge in [0.1, 0.15) is 17.2 Å². The lowest BCUT2D eigenvalue weighted by Crippen LogP contribution is -2.35. The van der Waals surface area contributed by atoms with E-state index in [0.717, 1.165) is 0 Å². The summed E-state index contributed by atoms with van der Waals surface area (Å²) in [6, 6.07) is 10.2. The molecule has 2 amide bonds. The lowest BCUT2D eigenvalue weighted by molar-refractivity contribution is -0.121. The van der Waals surface area contributed by atoms with Gasteiger partial charge in [0, 0.05) is 36.9 Å². The number of carbonyl (C=O) groups is 2. The molecular weight excluding hydrogens is 376 g/mol. The number of benzene rings is 2. The van der Waals surface area contributed by atoms with Crippen molar-refractivity contribution >= 4 is 23.2 Å². The maximum Gasteiger partial charge on any atom is 0.264 e. The number of fused-ring (bicyclic) bond motifs is 1. The summed E-state index contributed by atoms with van der Waals surface area (Å²) < 4.78 is 15.9. The molecule has 0 radical (unpaired) electrons. The van der Waals surface area contributed by atoms with Crippen LogP contribution in [-0.4, -0.2) is 44.8 Å². The van der Waals surface area contributed by atoms with Crippen LogP contribution in [0.5, 0.6) is 17.2 Å². The smallest absolute Gasteiger partial charge is 0.264 e. The molecule has 1 heterocycles. The summed E-state index contributed by atoms with van der Waals surface area (Å²) in [6.45, 7) is -0.0310. The van der Waals surface area contributed by atoms with Gasteiger partial charge in [-0.2, -0.15) is 0 Å². The Morgan fingerprint density at radius 2 is 2.03 bits per heavy atom. The molecule has 0 spiro atoms. The van der Waals surface area contributed by atoms with E-state index >= 15 is 0 Å². The summed E-state index contributed by atoms with van der Waals surface area (Å²) >= 11 is 0. The van der Waals surface area contributed by atoms with Crippen LogP contribution in [-0.2, 0) is 9.59 Å². The van der Waals surface area contributed by atoms with E-state index in [2.05, 4.69) is 5.32 Å². The third-order valence-electron chi connectivity index (χ3n) is 4.77. The molecule has 29 heavy (non-hydrogen) atoms. The second kappa shape index (κ2) is 8.83. The Labute approximate surface area is 169 Å². The molecule has 2 aromatic carbocycles. The summed E-state index contributed by atoms with van der Waals surface area (Å²) in [5, 5.41) is 13.3. The highest BCUT2D eigenvalue weighted by Gasteiger charge is 2.22. The molecule has 8 heteroatoms. The lowest BCUT2D eigenvalue weighted by Gasteiger charge is -2.26. The lowest BCUT2D eigenvalue weighted by atomic mass is 10.0. The number of hydrogen-bond donors (Lipinski definition) is 2. The van der Waals surface area contributed by atoms with Crippen LogP contribution < -0.4 is 24.4 Å². The Morgan fingerprint density at radius 3 is 2.76 bits per heavy atom. The molecule has 1 aliphatic rings. The first-order chi connectivity index (χ1) is 13.9. The van der Waals surface area contributed by atoms with Crippen LogP contribution in [0.1, 0.15) is 24.5 Å². The fraction of sp³-hybridized carbons (Fsp3) is 0.333. The second-order valence-corrected chi connectivity index (χ2v) is 6.63. The highest BCUT2D eigenvalue weighted by molar-refractivity contribution is 5.98. The number of aliphatic hydroxyl groups excluding tert-OH is 1. The molecular formula is C21H24N2O6. The normalized spacial score (nSPS) is 13.9. The van der Waals surface area contributed by atoms with E-state index in [9.17, 15) is 14.7 Å². The Balaban J connectivity index is 1.60. The minimum absolute atomic E-state index is 0.0310. The zero-order valence-corrected chi connectivity index (χ0v) is 16.6. The van der Waals surface area contributed by atoms with Crippen molar-refractivity contribution < 1.29 is 28.9 Å². The van der Waals surface area contributed by atoms with Crippen LogP contribution in [0.2, 0.25) is 0 Å². The summed E-state index contributed by atoms with van der Waals surface area (Å²) in [4.78, 5) is 25.5. The van der Waals surface area contributed by atoms with Gasteiger partial charge in [-0.05, 0) is 30.7 Å². The molecule has 0 fully saturated rings. The van der Waals surface area contributed by atoms with E-state index in [-0.39, 0.29) is 31.3 Å². The molecule has 0 bridgehead atoms. The van der Waals surface area contributed by atoms with E-state index < -0.39 is 6.10 Å². The molecule has 0 aromatic heterocycles. The molecule has 8 nitrogen and oxygen atoms in total. The Bertz CT molecular complexity index is 914. The average Bonchev–Trinajstić information content (AvgIpc) is 2.74. The van der Waals surface area contributed by atoms with Gasteiger partial charge < -0.3 is 29.5 Å². The monoisotopic (exact) mass is 400 g/mol. The maximum atomic E-state index is 12.3. The first-order valence-corrected chi connectivity index (χ1v) is 9.16. The zero-order chi connectivity index (χ0) is 21.0. The molecule has 1 aliphatic heterocycles. The SMILES string of the molecule is COc1ccc(C(O)CCC(=O)Nc2ccc3c(c2)OCC(=O)N3C)c(OC)c1. The number of rotatable bonds is 7. The molecule has 0 saturated heterocycles. The number of nitrogens with one attached hydrogen (secondary N) is 1. The Kier molecular flexibility index (Phi) is 6.23. The van der Waals surface area contributed by atoms with Crippen LogP contribution in [0.25, 0.3) is 0 Å². The van der Waals surface area contributed by atoms with Gasteiger partial charge in [-0.25, -0.2) is 0 Å². The molecule has 1 atom stereocenters. The second-order valence-electron chi connectivity index (χ2n) is 6.63. The number of aliphatic hydroxyl groups is 1. The standard InChI is InChI=1S/C21H24N2O6/c1-23-16-7-4-13(10-19(16)29-12-21(23)26)22-20(25)9-8-17(24)15-6-5-14(27-2)11-18(15)28-3/h4-7,10-11,17,24H,8-9,12H2,1-3H3,(H,22,25). The van der Waals surface area contributed by atoms with Crippen molar-refractivity contribution in [3.63, 3.8) is 0 Å². The topological polar surface area (TPSA) is 97.3 Å². The predicted octanol–water partition coefficient (Wildman–Crippen LogP) is 2.51. The van der Waals surface area contributed by atoms with Crippen molar-refractivity contribution in [2.24, 2.45) is 0 Å². The van der Waals surface area contributed by atoms with Crippen molar-refractivity contribution in [2.75, 3.05) is 38.1 Å². The van der Waals surface area contributed by atoms with Crippen molar-refractivity contribution in [3.8, 4) is 17.2 Å². The number of amides is 2. The van der Waals surface area contributed by atoms with Gasteiger partial charge in [-0.3, -0.25) is 9.59 Å². The van der Waals surface area contributed by atoms with Crippen LogP contribution in [0, 0.1) is 0 Å². The highest BCUT2D eigenvalue weighted by Crippen LogP contribution is 2.34. The van der Waals surface area contributed by atoms with Gasteiger partial charge in [-0.1, -0.05) is 0 Å². The van der Waals surface area contributed by atoms with Gasteiger partial charge in [0.15, 0.2) is 6.61 Å². The predicted molar refractivity (Wildman–Crippen MR) is 108 cm³/mol. The third-order valence-corrected chi connectivity index (χ3v) is 4.77. The van der Waals surface area contributed by atoms with Gasteiger partial charge >= 0.3 is 0 Å². The number of carbonyl (C=O) groups excluding carboxylic acids is 2. The average molecular weight is 400 g/mol. The molecule has 154 valence electrons. The molecule has 0 aliphatic carbocycles. The van der Waals surface area contributed by atoms with Gasteiger partial charge in [-0.15, -0.1) is 0 Å². The summed E-state index contributed by atoms with van der Waals surface area (Å²) in [5.41, 5.74) is 1.81. The maximum absolute atomic E-state index is 12.3. The number of nitrogens with zero attached hydrogens (tertiary/aromatic N) is 1. The van der Waals surface area contributed by atoms with Gasteiger partial charge in [0.2, 0.25) is 5.91 Å². The molecule has 2 aromatic rings. The van der Waals surface area contributed by atoms with Crippen LogP contribution >= 0.6 is 0 Å². The number of anilines is 2. The minimum Gasteiger partial charge on any atom is -0.497 e. The van der Waals surface area contributed by atoms with Crippen molar-refractivity contribution in [1.29, 1.82) is 0 Å². The van der Waals surface area contributed by atoms with E-state index in [4.69, 9.17) is 14.2 Å². The fourth-order valence-corrected chi connectivity index (χ4v) is 3.10. The molecule has 1 unspecified atom stereocenters. The number of methoxy groups -OCH3 is 2. The van der Waals surface area contributed by atoms with Crippen LogP contribution in [0.4, 0.5) is 11.4 Å². The van der Waals surface area contributed by atoms with Crippen LogP contribution in [0.15, 0.2) is 36.4 Å². The van der Waals surface area contributed by atoms with Gasteiger partial charge in [0.25, 0.3) is 5.91 Å². The highest BCUT2D eigenvalue weighted by atomic mass is 16.5. The fourth-order valence-electron chi connectivity index (χ4n) is 3.10. The number of likely N-dealkylation sites (N-methyl/N-ethyl adjacent to an activating group) is 1. The first-order valence-electron chi connectivity index (χ1n) is 9.16. The van der Waals surface area contributed by atoms with E-state index in [1.54, 1.807) is 50.6 Å². The Hall–Kier alpha value is -3.26. The van der Waals surface area contributed by atoms with E-state index in [0.29, 0.717) is 34.2 Å². The summed E-state index contributed by atoms with van der Waals surface area (Å²) in [6.07, 6.45) is -0.506. The van der Waals surface area contributed by atoms with Crippen molar-refractivity contribution in [2.45, 2.75) is 18.9 Å². The number of hydrogen-bond acceptors (Lipinski definition) is 6. The molecule has 0 saturated carbocycles. The van der Waals surface area contributed by atoms with E-state index in [1.807, 2.05) is 0 Å². The zero-order valence-electron chi connectivity index (χ0n) is 16.6. The van der Waals surface area contributed by atoms with E-state index in [1.165, 1.54) is 12.0 Å². The Morgan fingerprint density at radius 1 is 1.24 bits per heavy atom. The van der Waals surface area contributed by atoms with Crippen molar-refractivity contribution in [3.05, 3.63) is 42.0 Å². The summed E-state index contributed by atoms with van der Waals surface area (Å²) in [7, 11) is 4.74. The van der Waals surface area contributed by atoms with Crippen LogP contribution in [0.3, 0.4) is 0 Å². The third kappa shape index (κ3) is 4.60. The van der Waals surface area contributed by atoms with Gasteiger partial charge in [0.05, 0.1) is 26.0 Å². The minimum atomic E-state index is -0.854.